The molecule has 7 nitrogen and oxygen atoms in total. The van der Waals surface area contributed by atoms with Crippen LogP contribution in [0.5, 0.6) is 0 Å². The van der Waals surface area contributed by atoms with E-state index < -0.39 is 0 Å². The van der Waals surface area contributed by atoms with Gasteiger partial charge in [-0.2, -0.15) is 4.98 Å². The maximum atomic E-state index is 12.0. The Balaban J connectivity index is 1.87. The minimum absolute atomic E-state index is 0.00324. The van der Waals surface area contributed by atoms with Gasteiger partial charge in [-0.3, -0.25) is 4.79 Å². The second-order valence-electron chi connectivity index (χ2n) is 6.06. The third-order valence-corrected chi connectivity index (χ3v) is 4.09. The van der Waals surface area contributed by atoms with Crippen molar-refractivity contribution in [1.82, 2.24) is 20.0 Å². The fourth-order valence-electron chi connectivity index (χ4n) is 2.71. The molecule has 130 valence electrons. The molecule has 0 saturated carbocycles. The average molecular weight is 339 g/mol. The second-order valence-corrected chi connectivity index (χ2v) is 6.06. The number of carbonyl (C=O) groups excluding carboxylic acids is 1. The summed E-state index contributed by atoms with van der Waals surface area (Å²) in [5.74, 6) is 0.802. The molecular weight excluding hydrogens is 318 g/mol. The number of aromatic nitrogens is 3. The van der Waals surface area contributed by atoms with Gasteiger partial charge in [-0.1, -0.05) is 17.3 Å². The number of nitrogens with zero attached hydrogens (tertiary/aromatic N) is 5. The van der Waals surface area contributed by atoms with Crippen molar-refractivity contribution in [2.24, 2.45) is 0 Å². The molecule has 0 N–H and O–H groups in total. The zero-order valence-electron chi connectivity index (χ0n) is 14.9. The van der Waals surface area contributed by atoms with E-state index in [0.717, 1.165) is 29.0 Å². The summed E-state index contributed by atoms with van der Waals surface area (Å²) in [6.45, 7) is 5.40. The van der Waals surface area contributed by atoms with Gasteiger partial charge < -0.3 is 14.3 Å². The van der Waals surface area contributed by atoms with Gasteiger partial charge in [0.05, 0.1) is 5.69 Å². The molecule has 0 aliphatic rings. The number of carbonyl (C=O) groups is 1. The lowest BCUT2D eigenvalue weighted by molar-refractivity contribution is 0.0827. The van der Waals surface area contributed by atoms with Gasteiger partial charge in [0.15, 0.2) is 0 Å². The molecule has 0 unspecified atom stereocenters. The van der Waals surface area contributed by atoms with E-state index >= 15 is 0 Å². The van der Waals surface area contributed by atoms with Crippen LogP contribution in [0.4, 0.5) is 5.82 Å². The summed E-state index contributed by atoms with van der Waals surface area (Å²) in [5, 5.41) is 4.82. The highest BCUT2D eigenvalue weighted by atomic mass is 16.5. The molecule has 0 bridgehead atoms. The molecule has 7 heteroatoms. The van der Waals surface area contributed by atoms with Crippen LogP contribution in [-0.4, -0.2) is 46.6 Å². The quantitative estimate of drug-likeness (QED) is 0.711. The first-order valence-corrected chi connectivity index (χ1v) is 8.13. The lowest BCUT2D eigenvalue weighted by atomic mass is 10.1. The molecule has 3 rings (SSSR count). The van der Waals surface area contributed by atoms with E-state index in [-0.39, 0.29) is 5.91 Å². The average Bonchev–Trinajstić information content (AvgIpc) is 3.01. The van der Waals surface area contributed by atoms with Crippen LogP contribution < -0.4 is 4.90 Å². The van der Waals surface area contributed by atoms with E-state index in [1.807, 2.05) is 31.2 Å². The predicted octanol–water partition coefficient (Wildman–Crippen LogP) is 2.65. The van der Waals surface area contributed by atoms with Crippen LogP contribution in [0.3, 0.4) is 0 Å². The van der Waals surface area contributed by atoms with E-state index in [0.29, 0.717) is 17.8 Å². The first-order chi connectivity index (χ1) is 12.0. The first kappa shape index (κ1) is 16.9. The highest BCUT2D eigenvalue weighted by Gasteiger charge is 2.17. The standard InChI is InChI=1S/C18H21N5O2/c1-5-23(16-15-12(2)21-25-17(15)20-11-19-16)10-13-6-8-14(9-7-13)18(24)22(3)4/h6-9,11H,5,10H2,1-4H3. The van der Waals surface area contributed by atoms with Gasteiger partial charge in [-0.25, -0.2) is 4.98 Å². The van der Waals surface area contributed by atoms with Crippen molar-refractivity contribution < 1.29 is 9.32 Å². The van der Waals surface area contributed by atoms with Crippen LogP contribution in [0.15, 0.2) is 35.1 Å². The largest absolute Gasteiger partial charge is 0.352 e. The second kappa shape index (κ2) is 6.88. The van der Waals surface area contributed by atoms with Crippen LogP contribution in [0.1, 0.15) is 28.5 Å². The third kappa shape index (κ3) is 3.31. The Bertz CT molecular complexity index is 886. The number of anilines is 1. The fourth-order valence-corrected chi connectivity index (χ4v) is 2.71. The Morgan fingerprint density at radius 2 is 1.88 bits per heavy atom. The van der Waals surface area contributed by atoms with Gasteiger partial charge in [-0.05, 0) is 31.5 Å². The monoisotopic (exact) mass is 339 g/mol. The van der Waals surface area contributed by atoms with Crippen molar-refractivity contribution in [2.75, 3.05) is 25.5 Å². The Morgan fingerprint density at radius 3 is 2.52 bits per heavy atom. The Labute approximate surface area is 146 Å². The van der Waals surface area contributed by atoms with Gasteiger partial charge in [0.25, 0.3) is 11.6 Å². The molecule has 0 radical (unpaired) electrons. The van der Waals surface area contributed by atoms with Crippen molar-refractivity contribution in [3.05, 3.63) is 47.4 Å². The van der Waals surface area contributed by atoms with Crippen molar-refractivity contribution in [3.63, 3.8) is 0 Å². The summed E-state index contributed by atoms with van der Waals surface area (Å²) in [4.78, 5) is 24.3. The molecular formula is C18H21N5O2. The molecule has 0 aliphatic carbocycles. The van der Waals surface area contributed by atoms with Gasteiger partial charge in [0, 0.05) is 32.7 Å². The molecule has 0 spiro atoms. The molecule has 3 aromatic rings. The highest BCUT2D eigenvalue weighted by molar-refractivity contribution is 5.93. The van der Waals surface area contributed by atoms with E-state index in [2.05, 4.69) is 26.9 Å². The minimum Gasteiger partial charge on any atom is -0.352 e. The third-order valence-electron chi connectivity index (χ3n) is 4.09. The normalized spacial score (nSPS) is 10.9. The van der Waals surface area contributed by atoms with Crippen LogP contribution in [0.25, 0.3) is 11.1 Å². The van der Waals surface area contributed by atoms with Crippen molar-refractivity contribution in [3.8, 4) is 0 Å². The van der Waals surface area contributed by atoms with E-state index in [9.17, 15) is 4.79 Å². The lowest BCUT2D eigenvalue weighted by Crippen LogP contribution is -2.24. The molecule has 25 heavy (non-hydrogen) atoms. The van der Waals surface area contributed by atoms with E-state index in [1.54, 1.807) is 19.0 Å². The number of benzene rings is 1. The number of rotatable bonds is 5. The Kier molecular flexibility index (Phi) is 4.65. The maximum Gasteiger partial charge on any atom is 0.263 e. The predicted molar refractivity (Wildman–Crippen MR) is 95.5 cm³/mol. The van der Waals surface area contributed by atoms with Crippen molar-refractivity contribution in [1.29, 1.82) is 0 Å². The number of aryl methyl sites for hydroxylation is 1. The summed E-state index contributed by atoms with van der Waals surface area (Å²) in [5.41, 5.74) is 3.04. The fraction of sp³-hybridized carbons (Fsp3) is 0.333. The molecule has 1 aromatic carbocycles. The number of fused-ring (bicyclic) bond motifs is 1. The van der Waals surface area contributed by atoms with Crippen LogP contribution in [0, 0.1) is 6.92 Å². The molecule has 0 saturated heterocycles. The van der Waals surface area contributed by atoms with E-state index in [4.69, 9.17) is 4.52 Å². The number of amides is 1. The Hall–Kier alpha value is -2.96. The van der Waals surface area contributed by atoms with E-state index in [1.165, 1.54) is 6.33 Å². The number of hydrogen-bond donors (Lipinski definition) is 0. The molecule has 0 aliphatic heterocycles. The summed E-state index contributed by atoms with van der Waals surface area (Å²) >= 11 is 0. The van der Waals surface area contributed by atoms with Crippen LogP contribution in [-0.2, 0) is 6.54 Å². The summed E-state index contributed by atoms with van der Waals surface area (Å²) in [6.07, 6.45) is 1.49. The number of hydrogen-bond acceptors (Lipinski definition) is 6. The van der Waals surface area contributed by atoms with Crippen LogP contribution in [0.2, 0.25) is 0 Å². The minimum atomic E-state index is -0.00324. The van der Waals surface area contributed by atoms with Gasteiger partial charge in [-0.15, -0.1) is 0 Å². The zero-order valence-corrected chi connectivity index (χ0v) is 14.9. The highest BCUT2D eigenvalue weighted by Crippen LogP contribution is 2.26. The SMILES string of the molecule is CCN(Cc1ccc(C(=O)N(C)C)cc1)c1ncnc2onc(C)c12. The van der Waals surface area contributed by atoms with Crippen molar-refractivity contribution >= 4 is 22.8 Å². The van der Waals surface area contributed by atoms with Gasteiger partial charge >= 0.3 is 0 Å². The van der Waals surface area contributed by atoms with Gasteiger partial charge in [0.1, 0.15) is 17.5 Å². The summed E-state index contributed by atoms with van der Waals surface area (Å²) in [7, 11) is 3.49. The maximum absolute atomic E-state index is 12.0. The Morgan fingerprint density at radius 1 is 1.16 bits per heavy atom. The molecule has 0 fully saturated rings. The topological polar surface area (TPSA) is 75.4 Å². The first-order valence-electron chi connectivity index (χ1n) is 8.13. The smallest absolute Gasteiger partial charge is 0.263 e. The molecule has 0 atom stereocenters. The molecule has 1 amide bonds. The van der Waals surface area contributed by atoms with Crippen LogP contribution >= 0.6 is 0 Å². The molecule has 2 aromatic heterocycles. The van der Waals surface area contributed by atoms with Gasteiger partial charge in [0.2, 0.25) is 0 Å². The lowest BCUT2D eigenvalue weighted by Gasteiger charge is -2.22. The zero-order chi connectivity index (χ0) is 18.0. The van der Waals surface area contributed by atoms with Crippen molar-refractivity contribution in [2.45, 2.75) is 20.4 Å². The summed E-state index contributed by atoms with van der Waals surface area (Å²) in [6, 6.07) is 7.65. The molecule has 2 heterocycles. The summed E-state index contributed by atoms with van der Waals surface area (Å²) < 4.78 is 5.23.